The highest BCUT2D eigenvalue weighted by atomic mass is 35.5. The van der Waals surface area contributed by atoms with Gasteiger partial charge in [-0.3, -0.25) is 15.1 Å². The molecule has 0 unspecified atom stereocenters. The van der Waals surface area contributed by atoms with Crippen LogP contribution in [0, 0.1) is 11.2 Å². The Morgan fingerprint density at radius 2 is 2.35 bits per heavy atom. The van der Waals surface area contributed by atoms with Gasteiger partial charge < -0.3 is 4.74 Å². The van der Waals surface area contributed by atoms with Gasteiger partial charge in [-0.25, -0.2) is 4.39 Å². The van der Waals surface area contributed by atoms with Crippen LogP contribution < -0.4 is 0 Å². The van der Waals surface area contributed by atoms with E-state index in [4.69, 9.17) is 21.7 Å². The SMILES string of the molecule is N=C1O[C@H]2CSC[C@@H]2N1C(=O)Cc1c(F)cccc1Cl. The first-order valence-electron chi connectivity index (χ1n) is 6.16. The number of hydrogen-bond acceptors (Lipinski definition) is 4. The third-order valence-corrected chi connectivity index (χ3v) is 4.97. The number of hydrogen-bond donors (Lipinski definition) is 1. The summed E-state index contributed by atoms with van der Waals surface area (Å²) in [6, 6.07) is 4.06. The van der Waals surface area contributed by atoms with Gasteiger partial charge in [-0.2, -0.15) is 11.8 Å². The molecule has 2 heterocycles. The highest BCUT2D eigenvalue weighted by Gasteiger charge is 2.46. The standard InChI is InChI=1S/C13H12ClFN2O2S/c14-8-2-1-3-9(15)7(8)4-12(18)17-10-5-20-6-11(10)19-13(17)16/h1-3,10-11,16H,4-6H2/t10-,11-/m0/s1. The van der Waals surface area contributed by atoms with Crippen molar-refractivity contribution in [3.05, 3.63) is 34.6 Å². The summed E-state index contributed by atoms with van der Waals surface area (Å²) < 4.78 is 19.1. The molecule has 2 saturated heterocycles. The molecule has 1 aromatic rings. The largest absolute Gasteiger partial charge is 0.459 e. The molecule has 7 heteroatoms. The number of nitrogens with one attached hydrogen (secondary N) is 1. The molecule has 2 aliphatic heterocycles. The zero-order valence-corrected chi connectivity index (χ0v) is 12.0. The van der Waals surface area contributed by atoms with Crippen LogP contribution in [0.2, 0.25) is 5.02 Å². The maximum Gasteiger partial charge on any atom is 0.292 e. The average molecular weight is 315 g/mol. The number of carbonyl (C=O) groups is 1. The quantitative estimate of drug-likeness (QED) is 0.911. The topological polar surface area (TPSA) is 53.4 Å². The molecule has 0 aliphatic carbocycles. The number of halogens is 2. The number of carbonyl (C=O) groups excluding carboxylic acids is 1. The summed E-state index contributed by atoms with van der Waals surface area (Å²) in [5, 5.41) is 7.98. The fourth-order valence-corrected chi connectivity index (χ4v) is 3.96. The first-order chi connectivity index (χ1) is 9.58. The molecular weight excluding hydrogens is 303 g/mol. The normalized spacial score (nSPS) is 24.7. The molecule has 0 saturated carbocycles. The van der Waals surface area contributed by atoms with Gasteiger partial charge in [-0.05, 0) is 12.1 Å². The van der Waals surface area contributed by atoms with E-state index in [0.29, 0.717) is 0 Å². The summed E-state index contributed by atoms with van der Waals surface area (Å²) in [6.45, 7) is 0. The van der Waals surface area contributed by atoms with Crippen molar-refractivity contribution in [1.82, 2.24) is 4.90 Å². The molecule has 4 nitrogen and oxygen atoms in total. The molecule has 106 valence electrons. The molecule has 1 N–H and O–H groups in total. The van der Waals surface area contributed by atoms with E-state index in [1.807, 2.05) is 0 Å². The summed E-state index contributed by atoms with van der Waals surface area (Å²) in [5.74, 6) is 0.660. The lowest BCUT2D eigenvalue weighted by atomic mass is 10.1. The van der Waals surface area contributed by atoms with Crippen LogP contribution in [-0.4, -0.2) is 40.5 Å². The third kappa shape index (κ3) is 2.27. The summed E-state index contributed by atoms with van der Waals surface area (Å²) in [5.41, 5.74) is 0.168. The highest BCUT2D eigenvalue weighted by molar-refractivity contribution is 7.99. The van der Waals surface area contributed by atoms with E-state index < -0.39 is 5.82 Å². The van der Waals surface area contributed by atoms with Crippen molar-refractivity contribution in [2.24, 2.45) is 0 Å². The van der Waals surface area contributed by atoms with E-state index in [9.17, 15) is 9.18 Å². The van der Waals surface area contributed by atoms with Crippen molar-refractivity contribution in [3.8, 4) is 0 Å². The zero-order chi connectivity index (χ0) is 14.3. The van der Waals surface area contributed by atoms with Crippen LogP contribution in [0.4, 0.5) is 4.39 Å². The number of benzene rings is 1. The van der Waals surface area contributed by atoms with Crippen LogP contribution >= 0.6 is 23.4 Å². The van der Waals surface area contributed by atoms with Crippen LogP contribution in [0.15, 0.2) is 18.2 Å². The minimum absolute atomic E-state index is 0.118. The molecule has 0 bridgehead atoms. The van der Waals surface area contributed by atoms with Crippen molar-refractivity contribution >= 4 is 35.3 Å². The molecule has 20 heavy (non-hydrogen) atoms. The predicted molar refractivity (Wildman–Crippen MR) is 75.7 cm³/mol. The van der Waals surface area contributed by atoms with Crippen LogP contribution in [0.5, 0.6) is 0 Å². The number of amides is 1. The Morgan fingerprint density at radius 1 is 1.55 bits per heavy atom. The van der Waals surface area contributed by atoms with Gasteiger partial charge in [0.15, 0.2) is 0 Å². The number of amidine groups is 1. The molecule has 0 radical (unpaired) electrons. The van der Waals surface area contributed by atoms with E-state index in [-0.39, 0.29) is 41.1 Å². The van der Waals surface area contributed by atoms with E-state index >= 15 is 0 Å². The molecule has 1 aromatic carbocycles. The lowest BCUT2D eigenvalue weighted by Crippen LogP contribution is -2.42. The number of nitrogens with zero attached hydrogens (tertiary/aromatic N) is 1. The molecule has 0 spiro atoms. The molecular formula is C13H12ClFN2O2S. The second-order valence-corrected chi connectivity index (χ2v) is 6.19. The number of thioether (sulfide) groups is 1. The van der Waals surface area contributed by atoms with Crippen molar-refractivity contribution in [1.29, 1.82) is 5.41 Å². The van der Waals surface area contributed by atoms with Gasteiger partial charge in [0.25, 0.3) is 6.02 Å². The van der Waals surface area contributed by atoms with Gasteiger partial charge in [-0.1, -0.05) is 17.7 Å². The monoisotopic (exact) mass is 314 g/mol. The maximum absolute atomic E-state index is 13.7. The van der Waals surface area contributed by atoms with Crippen molar-refractivity contribution in [3.63, 3.8) is 0 Å². The first kappa shape index (κ1) is 13.7. The van der Waals surface area contributed by atoms with Gasteiger partial charge in [0, 0.05) is 22.1 Å². The second kappa shape index (κ2) is 5.26. The van der Waals surface area contributed by atoms with E-state index in [2.05, 4.69) is 0 Å². The van der Waals surface area contributed by atoms with E-state index in [1.165, 1.54) is 17.0 Å². The fourth-order valence-electron chi connectivity index (χ4n) is 2.46. The minimum atomic E-state index is -0.505. The van der Waals surface area contributed by atoms with E-state index in [1.54, 1.807) is 17.8 Å². The Morgan fingerprint density at radius 3 is 3.10 bits per heavy atom. The Labute approximate surface area is 124 Å². The van der Waals surface area contributed by atoms with Crippen molar-refractivity contribution in [2.45, 2.75) is 18.6 Å². The second-order valence-electron chi connectivity index (χ2n) is 4.71. The Balaban J connectivity index is 1.81. The Hall–Kier alpha value is -1.27. The Kier molecular flexibility index (Phi) is 3.60. The summed E-state index contributed by atoms with van der Waals surface area (Å²) in [6.07, 6.45) is -0.280. The summed E-state index contributed by atoms with van der Waals surface area (Å²) in [4.78, 5) is 13.7. The van der Waals surface area contributed by atoms with Crippen LogP contribution in [0.1, 0.15) is 5.56 Å². The minimum Gasteiger partial charge on any atom is -0.459 e. The lowest BCUT2D eigenvalue weighted by Gasteiger charge is -2.19. The molecule has 2 fully saturated rings. The molecule has 2 atom stereocenters. The molecule has 0 aromatic heterocycles. The first-order valence-corrected chi connectivity index (χ1v) is 7.69. The predicted octanol–water partition coefficient (Wildman–Crippen LogP) is 2.30. The van der Waals surface area contributed by atoms with Gasteiger partial charge in [0.1, 0.15) is 11.9 Å². The van der Waals surface area contributed by atoms with Gasteiger partial charge >= 0.3 is 0 Å². The summed E-state index contributed by atoms with van der Waals surface area (Å²) >= 11 is 7.61. The van der Waals surface area contributed by atoms with Crippen LogP contribution in [0.3, 0.4) is 0 Å². The Bertz CT molecular complexity index is 563. The molecule has 1 amide bonds. The van der Waals surface area contributed by atoms with Gasteiger partial charge in [0.05, 0.1) is 12.5 Å². The van der Waals surface area contributed by atoms with E-state index in [0.717, 1.165) is 11.5 Å². The smallest absolute Gasteiger partial charge is 0.292 e. The fraction of sp³-hybridized carbons (Fsp3) is 0.385. The summed E-state index contributed by atoms with van der Waals surface area (Å²) in [7, 11) is 0. The number of ether oxygens (including phenoxy) is 1. The van der Waals surface area contributed by atoms with Gasteiger partial charge in [0.2, 0.25) is 5.91 Å². The molecule has 3 rings (SSSR count). The maximum atomic E-state index is 13.7. The van der Waals surface area contributed by atoms with Crippen LogP contribution in [-0.2, 0) is 16.0 Å². The van der Waals surface area contributed by atoms with Gasteiger partial charge in [-0.15, -0.1) is 0 Å². The third-order valence-electron chi connectivity index (χ3n) is 3.47. The van der Waals surface area contributed by atoms with Crippen LogP contribution in [0.25, 0.3) is 0 Å². The number of rotatable bonds is 2. The molecule has 2 aliphatic rings. The highest BCUT2D eigenvalue weighted by Crippen LogP contribution is 2.32. The number of fused-ring (bicyclic) bond motifs is 1. The average Bonchev–Trinajstić information content (AvgIpc) is 2.93. The van der Waals surface area contributed by atoms with Crippen molar-refractivity contribution < 1.29 is 13.9 Å². The van der Waals surface area contributed by atoms with Crippen molar-refractivity contribution in [2.75, 3.05) is 11.5 Å². The lowest BCUT2D eigenvalue weighted by molar-refractivity contribution is -0.127. The zero-order valence-electron chi connectivity index (χ0n) is 10.4.